The molecule has 1 aromatic carbocycles. The van der Waals surface area contributed by atoms with Gasteiger partial charge in [0.15, 0.2) is 5.78 Å². The maximum atomic E-state index is 12.9. The summed E-state index contributed by atoms with van der Waals surface area (Å²) >= 11 is 6.16. The van der Waals surface area contributed by atoms with Crippen molar-refractivity contribution in [3.8, 4) is 0 Å². The minimum absolute atomic E-state index is 0.239. The number of halogens is 1. The van der Waals surface area contributed by atoms with Crippen molar-refractivity contribution in [3.05, 3.63) is 33.8 Å². The lowest BCUT2D eigenvalue weighted by molar-refractivity contribution is 0.0762. The first-order chi connectivity index (χ1) is 10.1. The van der Waals surface area contributed by atoms with Gasteiger partial charge in [0.25, 0.3) is 0 Å². The van der Waals surface area contributed by atoms with Crippen LogP contribution in [0.5, 0.6) is 0 Å². The van der Waals surface area contributed by atoms with Crippen molar-refractivity contribution in [1.29, 1.82) is 0 Å². The van der Waals surface area contributed by atoms with E-state index >= 15 is 0 Å². The van der Waals surface area contributed by atoms with Gasteiger partial charge in [-0.1, -0.05) is 37.3 Å². The van der Waals surface area contributed by atoms with Crippen LogP contribution >= 0.6 is 11.6 Å². The van der Waals surface area contributed by atoms with E-state index in [1.54, 1.807) is 0 Å². The minimum atomic E-state index is 0.239. The quantitative estimate of drug-likeness (QED) is 0.636. The Kier molecular flexibility index (Phi) is 4.40. The molecule has 3 unspecified atom stereocenters. The van der Waals surface area contributed by atoms with Gasteiger partial charge in [0, 0.05) is 16.5 Å². The van der Waals surface area contributed by atoms with Crippen LogP contribution in [0, 0.1) is 31.6 Å². The van der Waals surface area contributed by atoms with Crippen LogP contribution in [-0.2, 0) is 0 Å². The fourth-order valence-electron chi connectivity index (χ4n) is 4.38. The van der Waals surface area contributed by atoms with Crippen molar-refractivity contribution in [3.63, 3.8) is 0 Å². The average Bonchev–Trinajstić information content (AvgIpc) is 2.50. The molecule has 1 nitrogen and oxygen atoms in total. The molecule has 2 fully saturated rings. The van der Waals surface area contributed by atoms with Gasteiger partial charge in [-0.25, -0.2) is 0 Å². The Bertz CT molecular complexity index is 549. The summed E-state index contributed by atoms with van der Waals surface area (Å²) < 4.78 is 0. The lowest BCUT2D eigenvalue weighted by Crippen LogP contribution is -2.31. The van der Waals surface area contributed by atoms with Crippen molar-refractivity contribution < 1.29 is 4.79 Å². The molecule has 3 rings (SSSR count). The number of ketones is 1. The molecule has 3 atom stereocenters. The zero-order chi connectivity index (χ0) is 15.0. The number of benzene rings is 1. The molecule has 0 spiro atoms. The molecule has 2 heteroatoms. The van der Waals surface area contributed by atoms with E-state index in [1.165, 1.54) is 32.1 Å². The van der Waals surface area contributed by atoms with E-state index in [-0.39, 0.29) is 5.92 Å². The van der Waals surface area contributed by atoms with E-state index in [4.69, 9.17) is 11.6 Å². The number of carbonyl (C=O) groups is 1. The Morgan fingerprint density at radius 2 is 1.71 bits per heavy atom. The predicted molar refractivity (Wildman–Crippen MR) is 88.0 cm³/mol. The van der Waals surface area contributed by atoms with E-state index in [0.29, 0.717) is 5.78 Å². The first kappa shape index (κ1) is 15.1. The highest BCUT2D eigenvalue weighted by atomic mass is 35.5. The normalized spacial score (nSPS) is 29.0. The third-order valence-electron chi connectivity index (χ3n) is 5.68. The molecule has 21 heavy (non-hydrogen) atoms. The lowest BCUT2D eigenvalue weighted by Gasteiger charge is -2.39. The van der Waals surface area contributed by atoms with Gasteiger partial charge < -0.3 is 0 Å². The summed E-state index contributed by atoms with van der Waals surface area (Å²) in [7, 11) is 0. The second-order valence-corrected chi connectivity index (χ2v) is 7.50. The topological polar surface area (TPSA) is 17.1 Å². The van der Waals surface area contributed by atoms with Gasteiger partial charge in [0.1, 0.15) is 0 Å². The minimum Gasteiger partial charge on any atom is -0.294 e. The zero-order valence-corrected chi connectivity index (χ0v) is 13.9. The molecule has 0 heterocycles. The summed E-state index contributed by atoms with van der Waals surface area (Å²) in [5, 5.41) is 0.764. The SMILES string of the molecule is Cc1cc(C(=O)C2CCC3CCCCC3C2)c(C)cc1Cl. The number of carbonyl (C=O) groups excluding carboxylic acids is 1. The Balaban J connectivity index is 1.78. The first-order valence-corrected chi connectivity index (χ1v) is 8.75. The molecule has 0 saturated heterocycles. The molecular formula is C19H25ClO. The van der Waals surface area contributed by atoms with Crippen molar-refractivity contribution in [2.45, 2.75) is 58.8 Å². The van der Waals surface area contributed by atoms with Crippen molar-refractivity contribution in [2.75, 3.05) is 0 Å². The second kappa shape index (κ2) is 6.12. The van der Waals surface area contributed by atoms with Gasteiger partial charge in [-0.3, -0.25) is 4.79 Å². The number of hydrogen-bond donors (Lipinski definition) is 0. The van der Waals surface area contributed by atoms with E-state index in [0.717, 1.165) is 46.4 Å². The van der Waals surface area contributed by atoms with Crippen LogP contribution in [0.2, 0.25) is 5.02 Å². The molecule has 0 bridgehead atoms. The summed E-state index contributed by atoms with van der Waals surface area (Å²) in [5.41, 5.74) is 2.94. The molecule has 0 N–H and O–H groups in total. The fraction of sp³-hybridized carbons (Fsp3) is 0.632. The lowest BCUT2D eigenvalue weighted by atomic mass is 9.66. The summed E-state index contributed by atoms with van der Waals surface area (Å²) in [4.78, 5) is 12.9. The van der Waals surface area contributed by atoms with Gasteiger partial charge in [-0.15, -0.1) is 0 Å². The maximum Gasteiger partial charge on any atom is 0.166 e. The third-order valence-corrected chi connectivity index (χ3v) is 6.09. The Labute approximate surface area is 133 Å². The highest BCUT2D eigenvalue weighted by Gasteiger charge is 2.35. The largest absolute Gasteiger partial charge is 0.294 e. The molecule has 1 aromatic rings. The van der Waals surface area contributed by atoms with Crippen LogP contribution in [0.4, 0.5) is 0 Å². The summed E-state index contributed by atoms with van der Waals surface area (Å²) in [6.07, 6.45) is 8.95. The number of Topliss-reactive ketones (excluding diaryl/α,β-unsaturated/α-hetero) is 1. The van der Waals surface area contributed by atoms with Crippen molar-refractivity contribution in [2.24, 2.45) is 17.8 Å². The fourth-order valence-corrected chi connectivity index (χ4v) is 4.60. The van der Waals surface area contributed by atoms with Crippen molar-refractivity contribution >= 4 is 17.4 Å². The molecule has 0 aliphatic heterocycles. The summed E-state index contributed by atoms with van der Waals surface area (Å²) in [5.74, 6) is 2.30. The van der Waals surface area contributed by atoms with Gasteiger partial charge in [0.2, 0.25) is 0 Å². The molecular weight excluding hydrogens is 280 g/mol. The zero-order valence-electron chi connectivity index (χ0n) is 13.1. The molecule has 2 aliphatic carbocycles. The Morgan fingerprint density at radius 3 is 2.48 bits per heavy atom. The van der Waals surface area contributed by atoms with E-state index < -0.39 is 0 Å². The van der Waals surface area contributed by atoms with E-state index in [9.17, 15) is 4.79 Å². The maximum absolute atomic E-state index is 12.9. The van der Waals surface area contributed by atoms with Crippen LogP contribution < -0.4 is 0 Å². The monoisotopic (exact) mass is 304 g/mol. The van der Waals surface area contributed by atoms with Crippen LogP contribution in [0.3, 0.4) is 0 Å². The van der Waals surface area contributed by atoms with Crippen LogP contribution in [0.15, 0.2) is 12.1 Å². The molecule has 2 saturated carbocycles. The average molecular weight is 305 g/mol. The predicted octanol–water partition coefficient (Wildman–Crippen LogP) is 5.75. The first-order valence-electron chi connectivity index (χ1n) is 8.37. The highest BCUT2D eigenvalue weighted by molar-refractivity contribution is 6.31. The van der Waals surface area contributed by atoms with Gasteiger partial charge in [-0.2, -0.15) is 0 Å². The van der Waals surface area contributed by atoms with Crippen molar-refractivity contribution in [1.82, 2.24) is 0 Å². The number of hydrogen-bond acceptors (Lipinski definition) is 1. The highest BCUT2D eigenvalue weighted by Crippen LogP contribution is 2.43. The van der Waals surface area contributed by atoms with Crippen LogP contribution in [0.1, 0.15) is 66.4 Å². The van der Waals surface area contributed by atoms with Crippen LogP contribution in [0.25, 0.3) is 0 Å². The molecule has 0 radical (unpaired) electrons. The third kappa shape index (κ3) is 3.04. The van der Waals surface area contributed by atoms with E-state index in [1.807, 2.05) is 26.0 Å². The number of aryl methyl sites for hydroxylation is 2. The second-order valence-electron chi connectivity index (χ2n) is 7.10. The smallest absolute Gasteiger partial charge is 0.166 e. The summed E-state index contributed by atoms with van der Waals surface area (Å²) in [6, 6.07) is 3.93. The summed E-state index contributed by atoms with van der Waals surface area (Å²) in [6.45, 7) is 3.99. The van der Waals surface area contributed by atoms with Crippen LogP contribution in [-0.4, -0.2) is 5.78 Å². The Hall–Kier alpha value is -0.820. The standard InChI is InChI=1S/C19H25ClO/c1-12-10-18(20)13(2)9-17(12)19(21)16-8-7-14-5-3-4-6-15(14)11-16/h9-10,14-16H,3-8,11H2,1-2H3. The number of rotatable bonds is 2. The molecule has 0 aromatic heterocycles. The van der Waals surface area contributed by atoms with E-state index in [2.05, 4.69) is 0 Å². The van der Waals surface area contributed by atoms with Gasteiger partial charge in [-0.05, 0) is 68.2 Å². The van der Waals surface area contributed by atoms with Gasteiger partial charge >= 0.3 is 0 Å². The molecule has 0 amide bonds. The molecule has 2 aliphatic rings. The molecule has 114 valence electrons. The number of fused-ring (bicyclic) bond motifs is 1. The Morgan fingerprint density at radius 1 is 1.00 bits per heavy atom. The van der Waals surface area contributed by atoms with Gasteiger partial charge in [0.05, 0.1) is 0 Å².